The van der Waals surface area contributed by atoms with Gasteiger partial charge < -0.3 is 23.7 Å². The van der Waals surface area contributed by atoms with Gasteiger partial charge in [0.25, 0.3) is 0 Å². The van der Waals surface area contributed by atoms with Gasteiger partial charge in [-0.05, 0) is 17.7 Å². The predicted octanol–water partition coefficient (Wildman–Crippen LogP) is 2.63. The molecule has 2 atom stereocenters. The number of epoxide rings is 1. The molecule has 2 aromatic carbocycles. The molecule has 0 radical (unpaired) electrons. The lowest BCUT2D eigenvalue weighted by molar-refractivity contribution is 0.0860. The first-order valence-electron chi connectivity index (χ1n) is 7.89. The van der Waals surface area contributed by atoms with Crippen LogP contribution in [0.3, 0.4) is 0 Å². The number of hydrogen-bond acceptors (Lipinski definition) is 6. The minimum atomic E-state index is -0.997. The van der Waals surface area contributed by atoms with Crippen LogP contribution in [-0.2, 0) is 11.2 Å². The fourth-order valence-corrected chi connectivity index (χ4v) is 3.18. The highest BCUT2D eigenvalue weighted by molar-refractivity contribution is 6.10. The quantitative estimate of drug-likeness (QED) is 0.778. The Morgan fingerprint density at radius 2 is 1.72 bits per heavy atom. The molecule has 4 rings (SSSR count). The molecule has 0 amide bonds. The first-order chi connectivity index (χ1) is 12.1. The Balaban J connectivity index is 1.67. The van der Waals surface area contributed by atoms with Crippen LogP contribution in [-0.4, -0.2) is 39.0 Å². The second-order valence-corrected chi connectivity index (χ2v) is 6.01. The molecule has 2 heterocycles. The molecular formula is C19H18O6. The number of Topliss-reactive ketones (excluding diaryl/α,β-unsaturated/α-hetero) is 1. The maximum Gasteiger partial charge on any atom is 0.238 e. The Morgan fingerprint density at radius 1 is 1.00 bits per heavy atom. The van der Waals surface area contributed by atoms with Gasteiger partial charge in [-0.3, -0.25) is 4.79 Å². The van der Waals surface area contributed by atoms with Gasteiger partial charge in [-0.15, -0.1) is 0 Å². The van der Waals surface area contributed by atoms with Crippen molar-refractivity contribution in [2.24, 2.45) is 0 Å². The largest absolute Gasteiger partial charge is 0.497 e. The van der Waals surface area contributed by atoms with Crippen LogP contribution in [0.4, 0.5) is 0 Å². The van der Waals surface area contributed by atoms with E-state index in [1.807, 2.05) is 24.3 Å². The summed E-state index contributed by atoms with van der Waals surface area (Å²) in [5, 5.41) is 0. The van der Waals surface area contributed by atoms with Crippen molar-refractivity contribution >= 4 is 5.78 Å². The molecule has 2 aliphatic heterocycles. The van der Waals surface area contributed by atoms with E-state index in [1.165, 1.54) is 7.11 Å². The fourth-order valence-electron chi connectivity index (χ4n) is 3.18. The maximum absolute atomic E-state index is 13.1. The summed E-state index contributed by atoms with van der Waals surface area (Å²) in [5.74, 6) is 2.04. The summed E-state index contributed by atoms with van der Waals surface area (Å²) >= 11 is 0. The van der Waals surface area contributed by atoms with Crippen molar-refractivity contribution in [3.8, 4) is 23.0 Å². The van der Waals surface area contributed by atoms with E-state index in [9.17, 15) is 4.79 Å². The number of ether oxygens (including phenoxy) is 5. The molecule has 0 N–H and O–H groups in total. The molecule has 1 fully saturated rings. The lowest BCUT2D eigenvalue weighted by atomic mass is 9.88. The molecule has 0 spiro atoms. The molecule has 6 heteroatoms. The van der Waals surface area contributed by atoms with Crippen molar-refractivity contribution in [1.29, 1.82) is 0 Å². The van der Waals surface area contributed by atoms with Gasteiger partial charge in [0.15, 0.2) is 0 Å². The number of ketones is 1. The Bertz CT molecular complexity index is 829. The highest BCUT2D eigenvalue weighted by Crippen LogP contribution is 2.52. The number of fused-ring (bicyclic) bond motifs is 2. The highest BCUT2D eigenvalue weighted by Gasteiger charge is 2.68. The molecule has 25 heavy (non-hydrogen) atoms. The van der Waals surface area contributed by atoms with Crippen LogP contribution in [0.25, 0.3) is 0 Å². The number of benzene rings is 2. The molecule has 6 nitrogen and oxygen atoms in total. The summed E-state index contributed by atoms with van der Waals surface area (Å²) in [6, 6.07) is 10.9. The van der Waals surface area contributed by atoms with E-state index in [4.69, 9.17) is 23.7 Å². The Morgan fingerprint density at radius 3 is 2.36 bits per heavy atom. The van der Waals surface area contributed by atoms with Crippen molar-refractivity contribution in [3.05, 3.63) is 47.5 Å². The van der Waals surface area contributed by atoms with E-state index in [2.05, 4.69) is 0 Å². The number of carbonyl (C=O) groups excluding carboxylic acids is 1. The molecule has 0 aromatic heterocycles. The van der Waals surface area contributed by atoms with E-state index >= 15 is 0 Å². The lowest BCUT2D eigenvalue weighted by Gasteiger charge is -2.22. The molecule has 0 aliphatic carbocycles. The third-order valence-electron chi connectivity index (χ3n) is 4.61. The highest BCUT2D eigenvalue weighted by atomic mass is 16.8. The average molecular weight is 342 g/mol. The number of methoxy groups -OCH3 is 3. The zero-order valence-corrected chi connectivity index (χ0v) is 14.2. The standard InChI is InChI=1S/C19H18O6/c1-21-12-6-4-11(5-7-12)10-19-17(20)16-14(23-3)8-13(22-2)9-15(16)24-18(19)25-19/h4-9,18H,10H2,1-3H3. The van der Waals surface area contributed by atoms with Gasteiger partial charge in [0.2, 0.25) is 17.7 Å². The molecule has 2 aromatic rings. The van der Waals surface area contributed by atoms with E-state index in [0.717, 1.165) is 11.3 Å². The van der Waals surface area contributed by atoms with Crippen LogP contribution in [0, 0.1) is 0 Å². The molecule has 2 aliphatic rings. The molecule has 130 valence electrons. The Hall–Kier alpha value is -2.73. The first-order valence-corrected chi connectivity index (χ1v) is 7.89. The van der Waals surface area contributed by atoms with Crippen molar-refractivity contribution in [1.82, 2.24) is 0 Å². The van der Waals surface area contributed by atoms with E-state index in [1.54, 1.807) is 26.4 Å². The van der Waals surface area contributed by atoms with E-state index < -0.39 is 11.9 Å². The predicted molar refractivity (Wildman–Crippen MR) is 88.8 cm³/mol. The lowest BCUT2D eigenvalue weighted by Crippen LogP contribution is -2.36. The van der Waals surface area contributed by atoms with Gasteiger partial charge in [-0.2, -0.15) is 0 Å². The first kappa shape index (κ1) is 15.8. The second-order valence-electron chi connectivity index (χ2n) is 6.01. The van der Waals surface area contributed by atoms with Crippen LogP contribution in [0.2, 0.25) is 0 Å². The number of carbonyl (C=O) groups is 1. The zero-order valence-electron chi connectivity index (χ0n) is 14.2. The summed E-state index contributed by atoms with van der Waals surface area (Å²) in [6.45, 7) is 0. The summed E-state index contributed by atoms with van der Waals surface area (Å²) < 4.78 is 27.3. The van der Waals surface area contributed by atoms with Crippen LogP contribution in [0.15, 0.2) is 36.4 Å². The van der Waals surface area contributed by atoms with Crippen LogP contribution in [0.5, 0.6) is 23.0 Å². The normalized spacial score (nSPS) is 23.2. The minimum Gasteiger partial charge on any atom is -0.497 e. The Kier molecular flexibility index (Phi) is 3.58. The van der Waals surface area contributed by atoms with Gasteiger partial charge in [0.05, 0.1) is 21.3 Å². The summed E-state index contributed by atoms with van der Waals surface area (Å²) in [4.78, 5) is 13.1. The molecular weight excluding hydrogens is 324 g/mol. The topological polar surface area (TPSA) is 66.5 Å². The summed E-state index contributed by atoms with van der Waals surface area (Å²) in [7, 11) is 4.68. The zero-order chi connectivity index (χ0) is 17.6. The van der Waals surface area contributed by atoms with Crippen LogP contribution in [0.1, 0.15) is 15.9 Å². The van der Waals surface area contributed by atoms with Crippen LogP contribution >= 0.6 is 0 Å². The summed E-state index contributed by atoms with van der Waals surface area (Å²) in [6.07, 6.45) is -0.166. The monoisotopic (exact) mass is 342 g/mol. The van der Waals surface area contributed by atoms with Gasteiger partial charge in [0, 0.05) is 18.6 Å². The van der Waals surface area contributed by atoms with Gasteiger partial charge >= 0.3 is 0 Å². The summed E-state index contributed by atoms with van der Waals surface area (Å²) in [5.41, 5.74) is 0.366. The molecule has 1 saturated heterocycles. The van der Waals surface area contributed by atoms with Gasteiger partial charge in [-0.1, -0.05) is 12.1 Å². The Labute approximate surface area is 145 Å². The third kappa shape index (κ3) is 2.41. The second kappa shape index (κ2) is 5.67. The molecule has 0 saturated carbocycles. The van der Waals surface area contributed by atoms with Crippen molar-refractivity contribution in [3.63, 3.8) is 0 Å². The third-order valence-corrected chi connectivity index (χ3v) is 4.61. The average Bonchev–Trinajstić information content (AvgIpc) is 3.35. The van der Waals surface area contributed by atoms with Crippen LogP contribution < -0.4 is 18.9 Å². The SMILES string of the molecule is COc1ccc(CC23OC2Oc2cc(OC)cc(OC)c2C3=O)cc1. The number of hydrogen-bond donors (Lipinski definition) is 0. The molecule has 0 bridgehead atoms. The number of rotatable bonds is 5. The fraction of sp³-hybridized carbons (Fsp3) is 0.316. The van der Waals surface area contributed by atoms with Gasteiger partial charge in [0.1, 0.15) is 28.6 Å². The van der Waals surface area contributed by atoms with Crippen molar-refractivity contribution < 1.29 is 28.5 Å². The van der Waals surface area contributed by atoms with Gasteiger partial charge in [-0.25, -0.2) is 0 Å². The molecule has 2 unspecified atom stereocenters. The smallest absolute Gasteiger partial charge is 0.238 e. The van der Waals surface area contributed by atoms with E-state index in [0.29, 0.717) is 29.2 Å². The van der Waals surface area contributed by atoms with E-state index in [-0.39, 0.29) is 5.78 Å². The van der Waals surface area contributed by atoms with Crippen molar-refractivity contribution in [2.75, 3.05) is 21.3 Å². The maximum atomic E-state index is 13.1. The minimum absolute atomic E-state index is 0.130. The van der Waals surface area contributed by atoms with Crippen molar-refractivity contribution in [2.45, 2.75) is 18.3 Å².